The standard InChI is InChI=1S/C9H13BrN2/c1-7-9(10)5-8(6-12-7)3-2-4-11/h5-6H,2-4,11H2,1H3. The third-order valence-corrected chi connectivity index (χ3v) is 2.55. The van der Waals surface area contributed by atoms with Crippen molar-refractivity contribution in [2.75, 3.05) is 6.54 Å². The Hall–Kier alpha value is -0.410. The maximum absolute atomic E-state index is 5.41. The number of aromatic nitrogens is 1. The second-order valence-electron chi connectivity index (χ2n) is 2.80. The molecule has 12 heavy (non-hydrogen) atoms. The molecule has 0 saturated carbocycles. The van der Waals surface area contributed by atoms with Crippen LogP contribution in [0.4, 0.5) is 0 Å². The Labute approximate surface area is 81.3 Å². The molecule has 1 heterocycles. The summed E-state index contributed by atoms with van der Waals surface area (Å²) in [5.41, 5.74) is 7.69. The van der Waals surface area contributed by atoms with Crippen LogP contribution in [-0.2, 0) is 6.42 Å². The predicted octanol–water partition coefficient (Wildman–Crippen LogP) is 2.04. The first kappa shape index (κ1) is 9.68. The third kappa shape index (κ3) is 2.57. The summed E-state index contributed by atoms with van der Waals surface area (Å²) in [5.74, 6) is 0. The third-order valence-electron chi connectivity index (χ3n) is 1.75. The molecule has 0 bridgehead atoms. The number of halogens is 1. The average Bonchev–Trinajstić information content (AvgIpc) is 2.07. The van der Waals surface area contributed by atoms with Crippen molar-refractivity contribution in [2.45, 2.75) is 19.8 Å². The van der Waals surface area contributed by atoms with Gasteiger partial charge in [-0.1, -0.05) is 0 Å². The van der Waals surface area contributed by atoms with Crippen LogP contribution in [0.5, 0.6) is 0 Å². The van der Waals surface area contributed by atoms with Gasteiger partial charge in [-0.05, 0) is 53.9 Å². The van der Waals surface area contributed by atoms with E-state index in [9.17, 15) is 0 Å². The topological polar surface area (TPSA) is 38.9 Å². The minimum absolute atomic E-state index is 0.742. The first-order valence-electron chi connectivity index (χ1n) is 4.05. The Balaban J connectivity index is 2.69. The van der Waals surface area contributed by atoms with Gasteiger partial charge in [-0.25, -0.2) is 0 Å². The zero-order valence-electron chi connectivity index (χ0n) is 7.18. The van der Waals surface area contributed by atoms with Crippen molar-refractivity contribution in [3.8, 4) is 0 Å². The number of pyridine rings is 1. The Morgan fingerprint density at radius 3 is 2.92 bits per heavy atom. The molecule has 3 heteroatoms. The molecule has 0 aliphatic rings. The fourth-order valence-electron chi connectivity index (χ4n) is 0.989. The molecule has 0 atom stereocenters. The molecule has 0 aliphatic carbocycles. The van der Waals surface area contributed by atoms with Crippen LogP contribution in [0, 0.1) is 6.92 Å². The Morgan fingerprint density at radius 2 is 2.33 bits per heavy atom. The molecule has 0 aromatic carbocycles. The van der Waals surface area contributed by atoms with Crippen LogP contribution >= 0.6 is 15.9 Å². The summed E-state index contributed by atoms with van der Waals surface area (Å²) in [5, 5.41) is 0. The first-order chi connectivity index (χ1) is 5.74. The van der Waals surface area contributed by atoms with E-state index in [4.69, 9.17) is 5.73 Å². The van der Waals surface area contributed by atoms with Gasteiger partial charge in [0.15, 0.2) is 0 Å². The summed E-state index contributed by atoms with van der Waals surface area (Å²) in [4.78, 5) is 4.24. The van der Waals surface area contributed by atoms with Gasteiger partial charge in [0, 0.05) is 10.7 Å². The lowest BCUT2D eigenvalue weighted by atomic mass is 10.1. The summed E-state index contributed by atoms with van der Waals surface area (Å²) in [7, 11) is 0. The van der Waals surface area contributed by atoms with Crippen molar-refractivity contribution < 1.29 is 0 Å². The molecule has 0 amide bonds. The summed E-state index contributed by atoms with van der Waals surface area (Å²) in [6.07, 6.45) is 3.95. The maximum atomic E-state index is 5.41. The molecular formula is C9H13BrN2. The molecule has 0 unspecified atom stereocenters. The maximum Gasteiger partial charge on any atom is 0.0514 e. The second-order valence-corrected chi connectivity index (χ2v) is 3.66. The number of rotatable bonds is 3. The molecule has 0 fully saturated rings. The van der Waals surface area contributed by atoms with Gasteiger partial charge in [0.05, 0.1) is 5.69 Å². The minimum Gasteiger partial charge on any atom is -0.330 e. The highest BCUT2D eigenvalue weighted by Crippen LogP contribution is 2.15. The second kappa shape index (κ2) is 4.58. The van der Waals surface area contributed by atoms with Gasteiger partial charge >= 0.3 is 0 Å². The predicted molar refractivity (Wildman–Crippen MR) is 54.0 cm³/mol. The minimum atomic E-state index is 0.742. The highest BCUT2D eigenvalue weighted by Gasteiger charge is 1.97. The van der Waals surface area contributed by atoms with Crippen molar-refractivity contribution in [1.29, 1.82) is 0 Å². The van der Waals surface area contributed by atoms with Gasteiger partial charge in [-0.3, -0.25) is 4.98 Å². The summed E-state index contributed by atoms with van der Waals surface area (Å²) >= 11 is 3.44. The lowest BCUT2D eigenvalue weighted by Crippen LogP contribution is -2.00. The van der Waals surface area contributed by atoms with E-state index in [1.807, 2.05) is 13.1 Å². The van der Waals surface area contributed by atoms with E-state index < -0.39 is 0 Å². The molecule has 1 aromatic rings. The van der Waals surface area contributed by atoms with E-state index in [1.165, 1.54) is 5.56 Å². The van der Waals surface area contributed by atoms with Crippen LogP contribution < -0.4 is 5.73 Å². The van der Waals surface area contributed by atoms with Gasteiger partial charge in [0.25, 0.3) is 0 Å². The summed E-state index contributed by atoms with van der Waals surface area (Å²) in [6.45, 7) is 2.72. The zero-order chi connectivity index (χ0) is 8.97. The van der Waals surface area contributed by atoms with Crippen molar-refractivity contribution >= 4 is 15.9 Å². The van der Waals surface area contributed by atoms with Crippen molar-refractivity contribution in [3.05, 3.63) is 28.0 Å². The number of nitrogens with two attached hydrogens (primary N) is 1. The van der Waals surface area contributed by atoms with Gasteiger partial charge < -0.3 is 5.73 Å². The van der Waals surface area contributed by atoms with Crippen LogP contribution in [0.2, 0.25) is 0 Å². The number of hydrogen-bond donors (Lipinski definition) is 1. The highest BCUT2D eigenvalue weighted by molar-refractivity contribution is 9.10. The average molecular weight is 229 g/mol. The van der Waals surface area contributed by atoms with Crippen molar-refractivity contribution in [1.82, 2.24) is 4.98 Å². The largest absolute Gasteiger partial charge is 0.330 e. The summed E-state index contributed by atoms with van der Waals surface area (Å²) < 4.78 is 1.08. The van der Waals surface area contributed by atoms with E-state index >= 15 is 0 Å². The quantitative estimate of drug-likeness (QED) is 0.861. The molecule has 2 nitrogen and oxygen atoms in total. The van der Waals surface area contributed by atoms with Crippen molar-refractivity contribution in [2.24, 2.45) is 5.73 Å². The van der Waals surface area contributed by atoms with Gasteiger partial charge in [-0.15, -0.1) is 0 Å². The van der Waals surface area contributed by atoms with E-state index in [2.05, 4.69) is 27.0 Å². The molecule has 1 aromatic heterocycles. The Kier molecular flexibility index (Phi) is 3.69. The monoisotopic (exact) mass is 228 g/mol. The van der Waals surface area contributed by atoms with Crippen LogP contribution in [0.25, 0.3) is 0 Å². The molecule has 66 valence electrons. The van der Waals surface area contributed by atoms with Crippen LogP contribution in [-0.4, -0.2) is 11.5 Å². The van der Waals surface area contributed by atoms with E-state index in [-0.39, 0.29) is 0 Å². The van der Waals surface area contributed by atoms with E-state index in [0.29, 0.717) is 0 Å². The molecule has 0 radical (unpaired) electrons. The van der Waals surface area contributed by atoms with Crippen LogP contribution in [0.3, 0.4) is 0 Å². The fourth-order valence-corrected chi connectivity index (χ4v) is 1.39. The lowest BCUT2D eigenvalue weighted by Gasteiger charge is -2.01. The highest BCUT2D eigenvalue weighted by atomic mass is 79.9. The molecule has 2 N–H and O–H groups in total. The van der Waals surface area contributed by atoms with Crippen LogP contribution in [0.1, 0.15) is 17.7 Å². The van der Waals surface area contributed by atoms with Gasteiger partial charge in [-0.2, -0.15) is 0 Å². The van der Waals surface area contributed by atoms with Crippen molar-refractivity contribution in [3.63, 3.8) is 0 Å². The first-order valence-corrected chi connectivity index (χ1v) is 4.84. The van der Waals surface area contributed by atoms with E-state index in [1.54, 1.807) is 0 Å². The Bertz CT molecular complexity index is 261. The molecule has 0 spiro atoms. The number of aryl methyl sites for hydroxylation is 2. The van der Waals surface area contributed by atoms with Gasteiger partial charge in [0.2, 0.25) is 0 Å². The van der Waals surface area contributed by atoms with Gasteiger partial charge in [0.1, 0.15) is 0 Å². The number of nitrogens with zero attached hydrogens (tertiary/aromatic N) is 1. The zero-order valence-corrected chi connectivity index (χ0v) is 8.76. The summed E-state index contributed by atoms with van der Waals surface area (Å²) in [6, 6.07) is 2.11. The molecule has 1 rings (SSSR count). The molecule has 0 aliphatic heterocycles. The fraction of sp³-hybridized carbons (Fsp3) is 0.444. The lowest BCUT2D eigenvalue weighted by molar-refractivity contribution is 0.827. The smallest absolute Gasteiger partial charge is 0.0514 e. The van der Waals surface area contributed by atoms with E-state index in [0.717, 1.165) is 29.6 Å². The Morgan fingerprint density at radius 1 is 1.58 bits per heavy atom. The molecular weight excluding hydrogens is 216 g/mol. The normalized spacial score (nSPS) is 10.2. The SMILES string of the molecule is Cc1ncc(CCCN)cc1Br. The van der Waals surface area contributed by atoms with Crippen LogP contribution in [0.15, 0.2) is 16.7 Å². The number of hydrogen-bond acceptors (Lipinski definition) is 2. The molecule has 0 saturated heterocycles.